The summed E-state index contributed by atoms with van der Waals surface area (Å²) in [6, 6.07) is 24.3. The van der Waals surface area contributed by atoms with Crippen LogP contribution in [0.4, 0.5) is 5.88 Å². The Balaban J connectivity index is 1.33. The molecule has 2 aromatic carbocycles. The summed E-state index contributed by atoms with van der Waals surface area (Å²) in [5.41, 5.74) is 5.28. The maximum Gasteiger partial charge on any atom is 0.196 e. The molecule has 30 heavy (non-hydrogen) atoms. The fourth-order valence-corrected chi connectivity index (χ4v) is 3.85. The molecule has 0 aliphatic heterocycles. The summed E-state index contributed by atoms with van der Waals surface area (Å²) >= 11 is 6.32. The molecule has 4 nitrogen and oxygen atoms in total. The molecule has 3 aromatic heterocycles. The first-order valence-electron chi connectivity index (χ1n) is 9.75. The first kappa shape index (κ1) is 18.5. The highest BCUT2D eigenvalue weighted by Crippen LogP contribution is 2.31. The van der Waals surface area contributed by atoms with Gasteiger partial charge in [-0.15, -0.1) is 0 Å². The highest BCUT2D eigenvalue weighted by Gasteiger charge is 2.11. The van der Waals surface area contributed by atoms with Crippen molar-refractivity contribution >= 4 is 23.1 Å². The van der Waals surface area contributed by atoms with Gasteiger partial charge in [-0.2, -0.15) is 0 Å². The van der Waals surface area contributed by atoms with E-state index >= 15 is 0 Å². The zero-order chi connectivity index (χ0) is 20.5. The second kappa shape index (κ2) is 7.73. The standard InChI is InChI=1S/C25H20ClN3O/c1-28(16-18-6-12-24-27-14-15-29(24)17-18)25-13-11-23(30-25)20-9-7-19(8-10-20)21-4-2-3-5-22(21)26/h2-15,17H,16H2,1H3. The lowest BCUT2D eigenvalue weighted by molar-refractivity contribution is 0.567. The Morgan fingerprint density at radius 3 is 2.57 bits per heavy atom. The van der Waals surface area contributed by atoms with Crippen LogP contribution in [0, 0.1) is 0 Å². The first-order valence-corrected chi connectivity index (χ1v) is 10.1. The summed E-state index contributed by atoms with van der Waals surface area (Å²) in [5.74, 6) is 1.67. The summed E-state index contributed by atoms with van der Waals surface area (Å²) in [7, 11) is 2.03. The molecule has 0 atom stereocenters. The van der Waals surface area contributed by atoms with Crippen molar-refractivity contribution in [3.8, 4) is 22.5 Å². The summed E-state index contributed by atoms with van der Waals surface area (Å²) in [6.45, 7) is 0.743. The van der Waals surface area contributed by atoms with E-state index in [0.717, 1.165) is 45.5 Å². The number of furan rings is 1. The van der Waals surface area contributed by atoms with Crippen LogP contribution in [-0.4, -0.2) is 16.4 Å². The van der Waals surface area contributed by atoms with Crippen LogP contribution < -0.4 is 4.90 Å². The van der Waals surface area contributed by atoms with Gasteiger partial charge in [-0.05, 0) is 29.3 Å². The molecular formula is C25H20ClN3O. The molecule has 0 radical (unpaired) electrons. The number of aromatic nitrogens is 2. The largest absolute Gasteiger partial charge is 0.441 e. The van der Waals surface area contributed by atoms with Crippen LogP contribution in [0.3, 0.4) is 0 Å². The fraction of sp³-hybridized carbons (Fsp3) is 0.0800. The molecule has 5 aromatic rings. The van der Waals surface area contributed by atoms with Gasteiger partial charge < -0.3 is 13.7 Å². The molecule has 0 saturated carbocycles. The summed E-state index contributed by atoms with van der Waals surface area (Å²) in [4.78, 5) is 6.38. The maximum absolute atomic E-state index is 6.32. The predicted molar refractivity (Wildman–Crippen MR) is 122 cm³/mol. The molecule has 0 aliphatic carbocycles. The normalized spacial score (nSPS) is 11.1. The van der Waals surface area contributed by atoms with Crippen molar-refractivity contribution in [3.05, 3.63) is 102 Å². The highest BCUT2D eigenvalue weighted by atomic mass is 35.5. The lowest BCUT2D eigenvalue weighted by atomic mass is 10.0. The lowest BCUT2D eigenvalue weighted by Gasteiger charge is -2.16. The molecule has 0 unspecified atom stereocenters. The van der Waals surface area contributed by atoms with Gasteiger partial charge in [0.15, 0.2) is 5.88 Å². The number of rotatable bonds is 5. The van der Waals surface area contributed by atoms with Crippen molar-refractivity contribution in [3.63, 3.8) is 0 Å². The highest BCUT2D eigenvalue weighted by molar-refractivity contribution is 6.33. The van der Waals surface area contributed by atoms with Crippen LogP contribution in [-0.2, 0) is 6.54 Å². The van der Waals surface area contributed by atoms with Crippen LogP contribution >= 0.6 is 11.6 Å². The van der Waals surface area contributed by atoms with Gasteiger partial charge in [0.05, 0.1) is 0 Å². The van der Waals surface area contributed by atoms with E-state index < -0.39 is 0 Å². The van der Waals surface area contributed by atoms with Gasteiger partial charge in [0.1, 0.15) is 11.4 Å². The topological polar surface area (TPSA) is 33.7 Å². The number of halogens is 1. The quantitative estimate of drug-likeness (QED) is 0.327. The minimum Gasteiger partial charge on any atom is -0.441 e. The van der Waals surface area contributed by atoms with Crippen molar-refractivity contribution in [2.75, 3.05) is 11.9 Å². The van der Waals surface area contributed by atoms with Gasteiger partial charge in [-0.1, -0.05) is 60.1 Å². The second-order valence-corrected chi connectivity index (χ2v) is 7.69. The molecule has 5 heteroatoms. The third-order valence-corrected chi connectivity index (χ3v) is 5.52. The molecule has 0 spiro atoms. The Labute approximate surface area is 180 Å². The van der Waals surface area contributed by atoms with Gasteiger partial charge in [0.25, 0.3) is 0 Å². The van der Waals surface area contributed by atoms with Gasteiger partial charge in [0, 0.05) is 54.4 Å². The van der Waals surface area contributed by atoms with E-state index in [2.05, 4.69) is 46.4 Å². The summed E-state index contributed by atoms with van der Waals surface area (Å²) in [5, 5.41) is 0.751. The van der Waals surface area contributed by atoms with Crippen LogP contribution in [0.2, 0.25) is 5.02 Å². The Kier molecular flexibility index (Phi) is 4.77. The number of nitrogens with zero attached hydrogens (tertiary/aromatic N) is 3. The van der Waals surface area contributed by atoms with E-state index in [0.29, 0.717) is 0 Å². The molecule has 148 valence electrons. The minimum absolute atomic E-state index is 0.743. The molecule has 3 heterocycles. The Morgan fingerprint density at radius 2 is 1.73 bits per heavy atom. The molecule has 0 N–H and O–H groups in total. The van der Waals surface area contributed by atoms with Crippen molar-refractivity contribution in [1.82, 2.24) is 9.38 Å². The number of pyridine rings is 1. The van der Waals surface area contributed by atoms with Gasteiger partial charge in [0.2, 0.25) is 0 Å². The van der Waals surface area contributed by atoms with Gasteiger partial charge in [-0.25, -0.2) is 4.98 Å². The van der Waals surface area contributed by atoms with Crippen molar-refractivity contribution in [2.45, 2.75) is 6.54 Å². The molecule has 0 fully saturated rings. The van der Waals surface area contributed by atoms with E-state index in [1.54, 1.807) is 6.20 Å². The van der Waals surface area contributed by atoms with Gasteiger partial charge in [-0.3, -0.25) is 0 Å². The fourth-order valence-electron chi connectivity index (χ4n) is 3.61. The molecule has 0 saturated heterocycles. The Hall–Kier alpha value is -3.50. The number of hydrogen-bond donors (Lipinski definition) is 0. The van der Waals surface area contributed by atoms with E-state index in [-0.39, 0.29) is 0 Å². The van der Waals surface area contributed by atoms with Crippen LogP contribution in [0.25, 0.3) is 28.1 Å². The summed E-state index contributed by atoms with van der Waals surface area (Å²) < 4.78 is 8.15. The average molecular weight is 414 g/mol. The summed E-state index contributed by atoms with van der Waals surface area (Å²) in [6.07, 6.45) is 5.85. The van der Waals surface area contributed by atoms with Crippen LogP contribution in [0.15, 0.2) is 95.8 Å². The molecule has 5 rings (SSSR count). The molecular weight excluding hydrogens is 394 g/mol. The van der Waals surface area contributed by atoms with Gasteiger partial charge >= 0.3 is 0 Å². The SMILES string of the molecule is CN(Cc1ccc2nccn2c1)c1ccc(-c2ccc(-c3ccccc3Cl)cc2)o1. The third-order valence-electron chi connectivity index (χ3n) is 5.19. The molecule has 0 amide bonds. The number of benzene rings is 2. The molecule has 0 aliphatic rings. The zero-order valence-corrected chi connectivity index (χ0v) is 17.3. The van der Waals surface area contributed by atoms with E-state index in [1.165, 1.54) is 5.56 Å². The van der Waals surface area contributed by atoms with Crippen molar-refractivity contribution in [2.24, 2.45) is 0 Å². The van der Waals surface area contributed by atoms with E-state index in [1.807, 2.05) is 60.1 Å². The third kappa shape index (κ3) is 3.58. The van der Waals surface area contributed by atoms with Crippen LogP contribution in [0.1, 0.15) is 5.56 Å². The lowest BCUT2D eigenvalue weighted by Crippen LogP contribution is -2.15. The average Bonchev–Trinajstić information content (AvgIpc) is 3.44. The molecule has 0 bridgehead atoms. The van der Waals surface area contributed by atoms with E-state index in [4.69, 9.17) is 16.0 Å². The van der Waals surface area contributed by atoms with Crippen LogP contribution in [0.5, 0.6) is 0 Å². The predicted octanol–water partition coefficient (Wildman–Crippen LogP) is 6.55. The maximum atomic E-state index is 6.32. The number of hydrogen-bond acceptors (Lipinski definition) is 3. The second-order valence-electron chi connectivity index (χ2n) is 7.28. The number of anilines is 1. The first-order chi connectivity index (χ1) is 14.7. The van der Waals surface area contributed by atoms with Crippen molar-refractivity contribution in [1.29, 1.82) is 0 Å². The van der Waals surface area contributed by atoms with E-state index in [9.17, 15) is 0 Å². The monoisotopic (exact) mass is 413 g/mol. The smallest absolute Gasteiger partial charge is 0.196 e. The minimum atomic E-state index is 0.743. The van der Waals surface area contributed by atoms with Crippen molar-refractivity contribution < 1.29 is 4.42 Å². The number of fused-ring (bicyclic) bond motifs is 1. The Morgan fingerprint density at radius 1 is 0.933 bits per heavy atom. The zero-order valence-electron chi connectivity index (χ0n) is 16.5. The Bertz CT molecular complexity index is 1300. The number of imidazole rings is 1.